The number of fused-ring (bicyclic) bond motifs is 1. The first-order valence-electron chi connectivity index (χ1n) is 7.57. The molecule has 0 unspecified atom stereocenters. The number of hydrogen-bond acceptors (Lipinski definition) is 4. The average Bonchev–Trinajstić information content (AvgIpc) is 2.64. The van der Waals surface area contributed by atoms with Crippen LogP contribution in [0.1, 0.15) is 15.9 Å². The molecule has 0 atom stereocenters. The molecule has 0 saturated carbocycles. The molecule has 6 nitrogen and oxygen atoms in total. The lowest BCUT2D eigenvalue weighted by atomic mass is 10.1. The summed E-state index contributed by atoms with van der Waals surface area (Å²) in [6.45, 7) is 0. The molecule has 0 bridgehead atoms. The van der Waals surface area contributed by atoms with Gasteiger partial charge >= 0.3 is 0 Å². The van der Waals surface area contributed by atoms with Gasteiger partial charge in [0.2, 0.25) is 0 Å². The van der Waals surface area contributed by atoms with E-state index in [-0.39, 0.29) is 17.6 Å². The van der Waals surface area contributed by atoms with Crippen molar-refractivity contribution >= 4 is 39.8 Å². The Bertz CT molecular complexity index is 1020. The number of benzene rings is 3. The highest BCUT2D eigenvalue weighted by molar-refractivity contribution is 6.31. The van der Waals surface area contributed by atoms with Crippen molar-refractivity contribution in [2.24, 2.45) is 16.8 Å². The van der Waals surface area contributed by atoms with Crippen molar-refractivity contribution in [3.8, 4) is 0 Å². The molecule has 0 aliphatic rings. The second kappa shape index (κ2) is 7.38. The fourth-order valence-electron chi connectivity index (χ4n) is 2.56. The van der Waals surface area contributed by atoms with Crippen LogP contribution in [0.25, 0.3) is 10.8 Å². The number of hydrogen-bond donors (Lipinski definition) is 4. The molecule has 0 saturated heterocycles. The number of anilines is 1. The lowest BCUT2D eigenvalue weighted by Gasteiger charge is -2.13. The number of nitrogens with two attached hydrogens (primary N) is 2. The summed E-state index contributed by atoms with van der Waals surface area (Å²) in [5.41, 5.74) is 3.65. The topological polar surface area (TPSA) is 106 Å². The van der Waals surface area contributed by atoms with Crippen molar-refractivity contribution in [1.82, 2.24) is 5.43 Å². The number of halogens is 2. The maximum atomic E-state index is 13.3. The van der Waals surface area contributed by atoms with Gasteiger partial charge in [-0.3, -0.25) is 4.79 Å². The molecule has 3 aromatic carbocycles. The fraction of sp³-hybridized carbons (Fsp3) is 0. The Balaban J connectivity index is 1.94. The molecule has 26 heavy (non-hydrogen) atoms. The van der Waals surface area contributed by atoms with Gasteiger partial charge in [-0.25, -0.2) is 10.2 Å². The van der Waals surface area contributed by atoms with Crippen LogP contribution >= 0.6 is 11.6 Å². The highest BCUT2D eigenvalue weighted by Crippen LogP contribution is 2.23. The quantitative estimate of drug-likeness (QED) is 0.246. The second-order valence-electron chi connectivity index (χ2n) is 5.47. The summed E-state index contributed by atoms with van der Waals surface area (Å²) >= 11 is 6.00. The summed E-state index contributed by atoms with van der Waals surface area (Å²) < 4.78 is 13.3. The molecule has 0 aromatic heterocycles. The van der Waals surface area contributed by atoms with Gasteiger partial charge in [0.15, 0.2) is 5.84 Å². The van der Waals surface area contributed by atoms with Gasteiger partial charge in [0, 0.05) is 16.1 Å². The zero-order valence-corrected chi connectivity index (χ0v) is 14.2. The van der Waals surface area contributed by atoms with Crippen LogP contribution in [0.3, 0.4) is 0 Å². The Hall–Kier alpha value is -3.16. The van der Waals surface area contributed by atoms with E-state index in [4.69, 9.17) is 23.3 Å². The average molecular weight is 372 g/mol. The van der Waals surface area contributed by atoms with Gasteiger partial charge in [0.1, 0.15) is 5.82 Å². The Morgan fingerprint density at radius 1 is 1.04 bits per heavy atom. The number of nitrogens with zero attached hydrogens (tertiary/aromatic N) is 1. The van der Waals surface area contributed by atoms with Crippen LogP contribution in [0.5, 0.6) is 0 Å². The molecule has 0 spiro atoms. The van der Waals surface area contributed by atoms with E-state index in [0.717, 1.165) is 5.39 Å². The van der Waals surface area contributed by atoms with Crippen molar-refractivity contribution in [3.05, 3.63) is 76.6 Å². The van der Waals surface area contributed by atoms with E-state index >= 15 is 0 Å². The predicted octanol–water partition coefficient (Wildman–Crippen LogP) is 2.97. The molecular formula is C18H15ClFN5O. The van der Waals surface area contributed by atoms with Gasteiger partial charge in [-0.15, -0.1) is 0 Å². The van der Waals surface area contributed by atoms with Crippen LogP contribution in [0.2, 0.25) is 5.02 Å². The lowest BCUT2D eigenvalue weighted by molar-refractivity contribution is 0.102. The third kappa shape index (κ3) is 3.58. The summed E-state index contributed by atoms with van der Waals surface area (Å²) in [6, 6.07) is 14.2. The minimum atomic E-state index is -0.354. The molecule has 0 aliphatic heterocycles. The molecule has 1 amide bonds. The molecule has 0 fully saturated rings. The molecule has 0 aliphatic carbocycles. The highest BCUT2D eigenvalue weighted by atomic mass is 35.5. The first-order chi connectivity index (χ1) is 12.5. The van der Waals surface area contributed by atoms with Gasteiger partial charge in [-0.05, 0) is 53.2 Å². The van der Waals surface area contributed by atoms with Crippen molar-refractivity contribution in [1.29, 1.82) is 0 Å². The van der Waals surface area contributed by atoms with Crippen molar-refractivity contribution in [3.63, 3.8) is 0 Å². The Morgan fingerprint density at radius 3 is 2.50 bits per heavy atom. The SMILES string of the molecule is N/N=C(\NN)c1cc(Cl)ccc1NC(=O)c1ccc2cc(F)ccc2c1. The smallest absolute Gasteiger partial charge is 0.255 e. The van der Waals surface area contributed by atoms with E-state index in [1.807, 2.05) is 0 Å². The number of hydrazine groups is 1. The minimum absolute atomic E-state index is 0.164. The monoisotopic (exact) mass is 371 g/mol. The summed E-state index contributed by atoms with van der Waals surface area (Å²) in [5, 5.41) is 8.21. The fourth-order valence-corrected chi connectivity index (χ4v) is 2.73. The van der Waals surface area contributed by atoms with Crippen LogP contribution in [-0.4, -0.2) is 11.7 Å². The molecule has 3 rings (SSSR count). The number of nitrogens with one attached hydrogen (secondary N) is 2. The van der Waals surface area contributed by atoms with E-state index in [2.05, 4.69) is 15.8 Å². The Labute approximate surface area is 153 Å². The predicted molar refractivity (Wildman–Crippen MR) is 101 cm³/mol. The van der Waals surface area contributed by atoms with Gasteiger partial charge in [-0.2, -0.15) is 5.10 Å². The number of amidine groups is 1. The maximum Gasteiger partial charge on any atom is 0.255 e. The van der Waals surface area contributed by atoms with Crippen LogP contribution in [-0.2, 0) is 0 Å². The van der Waals surface area contributed by atoms with Crippen LogP contribution < -0.4 is 22.4 Å². The zero-order valence-electron chi connectivity index (χ0n) is 13.5. The summed E-state index contributed by atoms with van der Waals surface area (Å²) in [5.74, 6) is 10.2. The first kappa shape index (κ1) is 17.7. The van der Waals surface area contributed by atoms with Crippen molar-refractivity contribution < 1.29 is 9.18 Å². The number of carbonyl (C=O) groups is 1. The number of carbonyl (C=O) groups excluding carboxylic acids is 1. The highest BCUT2D eigenvalue weighted by Gasteiger charge is 2.14. The van der Waals surface area contributed by atoms with Gasteiger partial charge < -0.3 is 16.6 Å². The van der Waals surface area contributed by atoms with Crippen molar-refractivity contribution in [2.45, 2.75) is 0 Å². The van der Waals surface area contributed by atoms with E-state index < -0.39 is 0 Å². The Kier molecular flexibility index (Phi) is 5.01. The second-order valence-corrected chi connectivity index (χ2v) is 5.91. The third-order valence-electron chi connectivity index (χ3n) is 3.82. The molecule has 0 radical (unpaired) electrons. The van der Waals surface area contributed by atoms with E-state index in [1.165, 1.54) is 12.1 Å². The van der Waals surface area contributed by atoms with Gasteiger partial charge in [0.25, 0.3) is 5.91 Å². The summed E-state index contributed by atoms with van der Waals surface area (Å²) in [7, 11) is 0. The van der Waals surface area contributed by atoms with E-state index in [1.54, 1.807) is 42.5 Å². The number of hydrazone groups is 1. The minimum Gasteiger partial charge on any atom is -0.321 e. The van der Waals surface area contributed by atoms with Crippen LogP contribution in [0, 0.1) is 5.82 Å². The van der Waals surface area contributed by atoms with Crippen LogP contribution in [0.15, 0.2) is 59.7 Å². The molecule has 3 aromatic rings. The molecule has 132 valence electrons. The van der Waals surface area contributed by atoms with E-state index in [9.17, 15) is 9.18 Å². The number of rotatable bonds is 3. The molecule has 6 N–H and O–H groups in total. The summed E-state index contributed by atoms with van der Waals surface area (Å²) in [6.07, 6.45) is 0. The molecule has 0 heterocycles. The first-order valence-corrected chi connectivity index (χ1v) is 7.94. The van der Waals surface area contributed by atoms with E-state index in [0.29, 0.717) is 27.2 Å². The van der Waals surface area contributed by atoms with Crippen molar-refractivity contribution in [2.75, 3.05) is 5.32 Å². The normalized spacial score (nSPS) is 11.4. The largest absolute Gasteiger partial charge is 0.321 e. The summed E-state index contributed by atoms with van der Waals surface area (Å²) in [4.78, 5) is 12.6. The maximum absolute atomic E-state index is 13.3. The standard InChI is InChI=1S/C18H15ClFN5O/c19-13-4-6-16(15(9-13)17(24-21)25-22)23-18(26)12-2-1-11-8-14(20)5-3-10(11)7-12/h1-9H,21-22H2,(H,23,26)(H,24,25). The van der Waals surface area contributed by atoms with Gasteiger partial charge in [0.05, 0.1) is 5.69 Å². The van der Waals surface area contributed by atoms with Crippen LogP contribution in [0.4, 0.5) is 10.1 Å². The lowest BCUT2D eigenvalue weighted by Crippen LogP contribution is -2.33. The third-order valence-corrected chi connectivity index (χ3v) is 4.05. The zero-order chi connectivity index (χ0) is 18.7. The molecular weight excluding hydrogens is 357 g/mol. The number of amides is 1. The van der Waals surface area contributed by atoms with Gasteiger partial charge in [-0.1, -0.05) is 23.7 Å². The molecule has 8 heteroatoms. The Morgan fingerprint density at radius 2 is 1.77 bits per heavy atom.